The van der Waals surface area contributed by atoms with Gasteiger partial charge >= 0.3 is 0 Å². The Bertz CT molecular complexity index is 272. The standard InChI is InChI=1S/C9H12N2O/c1-12-9-6-10-5-8-7(9)3-2-4-11-8/h5-6,11H,2-4H2,1H3. The van der Waals surface area contributed by atoms with Crippen molar-refractivity contribution >= 4 is 5.69 Å². The third kappa shape index (κ3) is 1.11. The van der Waals surface area contributed by atoms with E-state index in [2.05, 4.69) is 10.3 Å². The molecule has 1 aromatic heterocycles. The summed E-state index contributed by atoms with van der Waals surface area (Å²) in [5, 5.41) is 3.29. The van der Waals surface area contributed by atoms with Crippen LogP contribution in [0.25, 0.3) is 0 Å². The summed E-state index contributed by atoms with van der Waals surface area (Å²) in [6.07, 6.45) is 5.89. The van der Waals surface area contributed by atoms with E-state index in [4.69, 9.17) is 4.74 Å². The monoisotopic (exact) mass is 164 g/mol. The molecule has 1 aromatic rings. The summed E-state index contributed by atoms with van der Waals surface area (Å²) in [7, 11) is 1.69. The topological polar surface area (TPSA) is 34.1 Å². The Kier molecular flexibility index (Phi) is 1.86. The second-order valence-electron chi connectivity index (χ2n) is 2.90. The molecule has 12 heavy (non-hydrogen) atoms. The lowest BCUT2D eigenvalue weighted by Crippen LogP contribution is -2.12. The summed E-state index contributed by atoms with van der Waals surface area (Å²) in [5.74, 6) is 0.902. The van der Waals surface area contributed by atoms with E-state index in [1.54, 1.807) is 13.3 Å². The molecule has 64 valence electrons. The Balaban J connectivity index is 2.44. The Morgan fingerprint density at radius 1 is 1.50 bits per heavy atom. The highest BCUT2D eigenvalue weighted by atomic mass is 16.5. The van der Waals surface area contributed by atoms with Crippen LogP contribution in [0.1, 0.15) is 12.0 Å². The lowest BCUT2D eigenvalue weighted by molar-refractivity contribution is 0.407. The van der Waals surface area contributed by atoms with Gasteiger partial charge in [0.15, 0.2) is 0 Å². The smallest absolute Gasteiger partial charge is 0.142 e. The molecule has 0 aromatic carbocycles. The van der Waals surface area contributed by atoms with Gasteiger partial charge in [-0.2, -0.15) is 0 Å². The molecule has 3 nitrogen and oxygen atoms in total. The van der Waals surface area contributed by atoms with E-state index in [1.807, 2.05) is 6.20 Å². The van der Waals surface area contributed by atoms with Crippen molar-refractivity contribution in [2.45, 2.75) is 12.8 Å². The van der Waals surface area contributed by atoms with E-state index in [0.717, 1.165) is 24.4 Å². The normalized spacial score (nSPS) is 14.8. The largest absolute Gasteiger partial charge is 0.495 e. The van der Waals surface area contributed by atoms with Gasteiger partial charge in [0, 0.05) is 12.1 Å². The summed E-state index contributed by atoms with van der Waals surface area (Å²) in [4.78, 5) is 4.08. The van der Waals surface area contributed by atoms with Gasteiger partial charge in [-0.15, -0.1) is 0 Å². The molecule has 0 saturated heterocycles. The fourth-order valence-corrected chi connectivity index (χ4v) is 1.54. The minimum absolute atomic E-state index is 0.902. The van der Waals surface area contributed by atoms with E-state index in [9.17, 15) is 0 Å². The van der Waals surface area contributed by atoms with Crippen LogP contribution in [-0.4, -0.2) is 18.6 Å². The van der Waals surface area contributed by atoms with Crippen molar-refractivity contribution in [3.05, 3.63) is 18.0 Å². The van der Waals surface area contributed by atoms with Crippen LogP contribution in [0.5, 0.6) is 5.75 Å². The highest BCUT2D eigenvalue weighted by Crippen LogP contribution is 2.28. The molecule has 1 N–H and O–H groups in total. The molecule has 0 bridgehead atoms. The van der Waals surface area contributed by atoms with Crippen molar-refractivity contribution in [3.63, 3.8) is 0 Å². The molecule has 0 atom stereocenters. The number of fused-ring (bicyclic) bond motifs is 1. The number of aromatic nitrogens is 1. The number of anilines is 1. The van der Waals surface area contributed by atoms with Gasteiger partial charge in [0.1, 0.15) is 5.75 Å². The highest BCUT2D eigenvalue weighted by molar-refractivity contribution is 5.56. The van der Waals surface area contributed by atoms with Crippen molar-refractivity contribution < 1.29 is 4.74 Å². The SMILES string of the molecule is COc1cncc2c1CCCN2. The summed E-state index contributed by atoms with van der Waals surface area (Å²) in [6.45, 7) is 1.04. The third-order valence-electron chi connectivity index (χ3n) is 2.16. The van der Waals surface area contributed by atoms with E-state index in [1.165, 1.54) is 12.0 Å². The number of nitrogens with zero attached hydrogens (tertiary/aromatic N) is 1. The number of nitrogens with one attached hydrogen (secondary N) is 1. The summed E-state index contributed by atoms with van der Waals surface area (Å²) >= 11 is 0. The Morgan fingerprint density at radius 3 is 3.25 bits per heavy atom. The molecule has 1 aliphatic heterocycles. The molecule has 0 fully saturated rings. The fourth-order valence-electron chi connectivity index (χ4n) is 1.54. The first-order valence-electron chi connectivity index (χ1n) is 4.16. The molecule has 0 aliphatic carbocycles. The Hall–Kier alpha value is -1.25. The van der Waals surface area contributed by atoms with Crippen LogP contribution in [0.3, 0.4) is 0 Å². The number of hydrogen-bond acceptors (Lipinski definition) is 3. The van der Waals surface area contributed by atoms with Crippen molar-refractivity contribution in [1.29, 1.82) is 0 Å². The zero-order chi connectivity index (χ0) is 8.39. The summed E-state index contributed by atoms with van der Waals surface area (Å²) in [5.41, 5.74) is 2.39. The molecule has 2 heterocycles. The van der Waals surface area contributed by atoms with Crippen LogP contribution in [0.2, 0.25) is 0 Å². The maximum Gasteiger partial charge on any atom is 0.142 e. The van der Waals surface area contributed by atoms with E-state index in [-0.39, 0.29) is 0 Å². The van der Waals surface area contributed by atoms with Gasteiger partial charge in [-0.25, -0.2) is 0 Å². The van der Waals surface area contributed by atoms with Gasteiger partial charge in [0.05, 0.1) is 25.2 Å². The van der Waals surface area contributed by atoms with Crippen LogP contribution in [0, 0.1) is 0 Å². The van der Waals surface area contributed by atoms with Gasteiger partial charge < -0.3 is 10.1 Å². The Morgan fingerprint density at radius 2 is 2.42 bits per heavy atom. The predicted octanol–water partition coefficient (Wildman–Crippen LogP) is 1.45. The molecular weight excluding hydrogens is 152 g/mol. The van der Waals surface area contributed by atoms with Crippen molar-refractivity contribution in [2.75, 3.05) is 19.0 Å². The maximum absolute atomic E-state index is 5.21. The minimum Gasteiger partial charge on any atom is -0.495 e. The average Bonchev–Trinajstić information content (AvgIpc) is 2.17. The van der Waals surface area contributed by atoms with Crippen LogP contribution in [-0.2, 0) is 6.42 Å². The van der Waals surface area contributed by atoms with Crippen molar-refractivity contribution in [1.82, 2.24) is 4.98 Å². The van der Waals surface area contributed by atoms with E-state index in [0.29, 0.717) is 0 Å². The van der Waals surface area contributed by atoms with Gasteiger partial charge in [-0.1, -0.05) is 0 Å². The molecule has 0 saturated carbocycles. The highest BCUT2D eigenvalue weighted by Gasteiger charge is 2.12. The lowest BCUT2D eigenvalue weighted by atomic mass is 10.1. The summed E-state index contributed by atoms with van der Waals surface area (Å²) < 4.78 is 5.21. The van der Waals surface area contributed by atoms with E-state index >= 15 is 0 Å². The number of hydrogen-bond donors (Lipinski definition) is 1. The zero-order valence-electron chi connectivity index (χ0n) is 7.13. The molecule has 2 rings (SSSR count). The molecule has 0 radical (unpaired) electrons. The molecule has 1 aliphatic rings. The van der Waals surface area contributed by atoms with Crippen LogP contribution >= 0.6 is 0 Å². The van der Waals surface area contributed by atoms with Crippen LogP contribution in [0.15, 0.2) is 12.4 Å². The van der Waals surface area contributed by atoms with Gasteiger partial charge in [-0.05, 0) is 12.8 Å². The van der Waals surface area contributed by atoms with Crippen molar-refractivity contribution in [2.24, 2.45) is 0 Å². The molecule has 3 heteroatoms. The van der Waals surface area contributed by atoms with Crippen LogP contribution in [0.4, 0.5) is 5.69 Å². The maximum atomic E-state index is 5.21. The second-order valence-corrected chi connectivity index (χ2v) is 2.90. The number of methoxy groups -OCH3 is 1. The average molecular weight is 164 g/mol. The minimum atomic E-state index is 0.902. The van der Waals surface area contributed by atoms with Crippen LogP contribution < -0.4 is 10.1 Å². The quantitative estimate of drug-likeness (QED) is 0.682. The zero-order valence-corrected chi connectivity index (χ0v) is 7.13. The first-order valence-corrected chi connectivity index (χ1v) is 4.16. The summed E-state index contributed by atoms with van der Waals surface area (Å²) in [6, 6.07) is 0. The third-order valence-corrected chi connectivity index (χ3v) is 2.16. The number of ether oxygens (including phenoxy) is 1. The first kappa shape index (κ1) is 7.40. The van der Waals surface area contributed by atoms with Crippen molar-refractivity contribution in [3.8, 4) is 5.75 Å². The molecule has 0 unspecified atom stereocenters. The number of rotatable bonds is 1. The first-order chi connectivity index (χ1) is 5.92. The molecular formula is C9H12N2O. The van der Waals surface area contributed by atoms with E-state index < -0.39 is 0 Å². The van der Waals surface area contributed by atoms with Gasteiger partial charge in [0.2, 0.25) is 0 Å². The van der Waals surface area contributed by atoms with Gasteiger partial charge in [-0.3, -0.25) is 4.98 Å². The van der Waals surface area contributed by atoms with Gasteiger partial charge in [0.25, 0.3) is 0 Å². The second kappa shape index (κ2) is 3.01. The lowest BCUT2D eigenvalue weighted by Gasteiger charge is -2.19. The fraction of sp³-hybridized carbons (Fsp3) is 0.444. The molecule has 0 amide bonds. The Labute approximate surface area is 71.8 Å². The number of pyridine rings is 1. The molecule has 0 spiro atoms. The predicted molar refractivity (Wildman–Crippen MR) is 47.6 cm³/mol.